The monoisotopic (exact) mass is 287 g/mol. The molecule has 1 aromatic heterocycles. The topological polar surface area (TPSA) is 42.2 Å². The summed E-state index contributed by atoms with van der Waals surface area (Å²) in [6, 6.07) is 4.12. The van der Waals surface area contributed by atoms with Gasteiger partial charge in [-0.1, -0.05) is 12.1 Å². The van der Waals surface area contributed by atoms with E-state index in [2.05, 4.69) is 0 Å². The van der Waals surface area contributed by atoms with Crippen molar-refractivity contribution in [2.75, 3.05) is 0 Å². The minimum Gasteiger partial charge on any atom is -0.459 e. The molecule has 1 N–H and O–H groups in total. The van der Waals surface area contributed by atoms with Crippen LogP contribution >= 0.6 is 0 Å². The van der Waals surface area contributed by atoms with Gasteiger partial charge in [-0.05, 0) is 29.8 Å². The molecule has 1 unspecified atom stereocenters. The van der Waals surface area contributed by atoms with Crippen molar-refractivity contribution < 1.29 is 26.8 Å². The van der Waals surface area contributed by atoms with Crippen LogP contribution in [-0.2, 0) is 0 Å². The molecule has 1 amide bonds. The van der Waals surface area contributed by atoms with E-state index in [0.29, 0.717) is 0 Å². The number of alkyl halides is 3. The highest BCUT2D eigenvalue weighted by atomic mass is 19.4. The predicted molar refractivity (Wildman–Crippen MR) is 61.4 cm³/mol. The number of halogens is 4. The van der Waals surface area contributed by atoms with E-state index in [1.165, 1.54) is 18.4 Å². The molecule has 0 saturated heterocycles. The fourth-order valence-electron chi connectivity index (χ4n) is 1.62. The van der Waals surface area contributed by atoms with Crippen LogP contribution in [0, 0.1) is 5.82 Å². The minimum absolute atomic E-state index is 0.235. The van der Waals surface area contributed by atoms with Gasteiger partial charge in [0.05, 0.1) is 6.26 Å². The second-order valence-electron chi connectivity index (χ2n) is 3.98. The Morgan fingerprint density at radius 1 is 1.15 bits per heavy atom. The van der Waals surface area contributed by atoms with E-state index in [1.807, 2.05) is 5.32 Å². The number of benzene rings is 1. The number of carbonyl (C=O) groups excluding carboxylic acids is 1. The lowest BCUT2D eigenvalue weighted by Crippen LogP contribution is -2.38. The van der Waals surface area contributed by atoms with Gasteiger partial charge in [-0.3, -0.25) is 4.79 Å². The molecular formula is C13H9F4NO2. The molecule has 7 heteroatoms. The molecule has 0 aliphatic carbocycles. The normalized spacial score (nSPS) is 13.0. The number of hydrogen-bond acceptors (Lipinski definition) is 2. The van der Waals surface area contributed by atoms with E-state index in [1.54, 1.807) is 0 Å². The fourth-order valence-corrected chi connectivity index (χ4v) is 1.62. The standard InChI is InChI=1S/C13H9F4NO2/c14-9-5-3-8(4-6-9)11(13(15,16)17)18-12(19)10-2-1-7-20-10/h1-7,11H,(H,18,19). The van der Waals surface area contributed by atoms with Crippen molar-refractivity contribution in [1.29, 1.82) is 0 Å². The van der Waals surface area contributed by atoms with Crippen molar-refractivity contribution >= 4 is 5.91 Å². The van der Waals surface area contributed by atoms with Gasteiger partial charge in [-0.15, -0.1) is 0 Å². The second-order valence-corrected chi connectivity index (χ2v) is 3.98. The fraction of sp³-hybridized carbons (Fsp3) is 0.154. The van der Waals surface area contributed by atoms with Crippen LogP contribution in [0.3, 0.4) is 0 Å². The summed E-state index contributed by atoms with van der Waals surface area (Å²) in [5, 5.41) is 1.81. The van der Waals surface area contributed by atoms with Crippen LogP contribution in [0.2, 0.25) is 0 Å². The first kappa shape index (κ1) is 14.1. The van der Waals surface area contributed by atoms with Crippen LogP contribution in [-0.4, -0.2) is 12.1 Å². The largest absolute Gasteiger partial charge is 0.459 e. The van der Waals surface area contributed by atoms with Crippen molar-refractivity contribution in [2.24, 2.45) is 0 Å². The SMILES string of the molecule is O=C(NC(c1ccc(F)cc1)C(F)(F)F)c1ccco1. The minimum atomic E-state index is -4.71. The molecule has 2 rings (SSSR count). The third-order valence-electron chi connectivity index (χ3n) is 2.55. The van der Waals surface area contributed by atoms with E-state index in [0.717, 1.165) is 24.3 Å². The lowest BCUT2D eigenvalue weighted by molar-refractivity contribution is -0.155. The Kier molecular flexibility index (Phi) is 3.78. The maximum Gasteiger partial charge on any atom is 0.412 e. The first-order chi connectivity index (χ1) is 9.38. The maximum atomic E-state index is 13.0. The summed E-state index contributed by atoms with van der Waals surface area (Å²) >= 11 is 0. The summed E-state index contributed by atoms with van der Waals surface area (Å²) < 4.78 is 56.4. The molecule has 3 nitrogen and oxygen atoms in total. The van der Waals surface area contributed by atoms with E-state index in [-0.39, 0.29) is 11.3 Å². The highest BCUT2D eigenvalue weighted by molar-refractivity contribution is 5.91. The molecule has 1 aromatic carbocycles. The Balaban J connectivity index is 2.25. The van der Waals surface area contributed by atoms with Crippen molar-refractivity contribution in [3.8, 4) is 0 Å². The smallest absolute Gasteiger partial charge is 0.412 e. The first-order valence-corrected chi connectivity index (χ1v) is 5.54. The van der Waals surface area contributed by atoms with Gasteiger partial charge in [0.1, 0.15) is 5.82 Å². The first-order valence-electron chi connectivity index (χ1n) is 5.54. The lowest BCUT2D eigenvalue weighted by Gasteiger charge is -2.21. The van der Waals surface area contributed by atoms with E-state index in [9.17, 15) is 22.4 Å². The van der Waals surface area contributed by atoms with E-state index >= 15 is 0 Å². The molecule has 0 saturated carbocycles. The summed E-state index contributed by atoms with van der Waals surface area (Å²) in [4.78, 5) is 11.6. The van der Waals surface area contributed by atoms with Crippen molar-refractivity contribution in [2.45, 2.75) is 12.2 Å². The zero-order chi connectivity index (χ0) is 14.8. The number of nitrogens with one attached hydrogen (secondary N) is 1. The Labute approximate surface area is 111 Å². The Bertz CT molecular complexity index is 575. The number of carbonyl (C=O) groups is 1. The highest BCUT2D eigenvalue weighted by Crippen LogP contribution is 2.33. The van der Waals surface area contributed by atoms with Gasteiger partial charge in [0.2, 0.25) is 0 Å². The van der Waals surface area contributed by atoms with E-state index < -0.39 is 23.9 Å². The molecule has 2 aromatic rings. The molecule has 1 heterocycles. The van der Waals surface area contributed by atoms with E-state index in [4.69, 9.17) is 4.42 Å². The zero-order valence-corrected chi connectivity index (χ0v) is 9.95. The molecular weight excluding hydrogens is 278 g/mol. The highest BCUT2D eigenvalue weighted by Gasteiger charge is 2.42. The van der Waals surface area contributed by atoms with Gasteiger partial charge >= 0.3 is 6.18 Å². The Hall–Kier alpha value is -2.31. The summed E-state index contributed by atoms with van der Waals surface area (Å²) in [7, 11) is 0. The zero-order valence-electron chi connectivity index (χ0n) is 9.95. The predicted octanol–water partition coefficient (Wildman–Crippen LogP) is 3.45. The molecule has 0 aliphatic rings. The molecule has 0 fully saturated rings. The third kappa shape index (κ3) is 3.17. The molecule has 0 aliphatic heterocycles. The molecule has 0 spiro atoms. The van der Waals surface area contributed by atoms with Gasteiger partial charge in [0.15, 0.2) is 11.8 Å². The van der Waals surface area contributed by atoms with Crippen LogP contribution in [0.15, 0.2) is 47.1 Å². The number of hydrogen-bond donors (Lipinski definition) is 1. The number of furan rings is 1. The van der Waals surface area contributed by atoms with Crippen LogP contribution in [0.5, 0.6) is 0 Å². The molecule has 0 radical (unpaired) electrons. The quantitative estimate of drug-likeness (QED) is 0.878. The Morgan fingerprint density at radius 2 is 1.80 bits per heavy atom. The average molecular weight is 287 g/mol. The summed E-state index contributed by atoms with van der Waals surface area (Å²) in [6.45, 7) is 0. The summed E-state index contributed by atoms with van der Waals surface area (Å²) in [5.74, 6) is -1.89. The molecule has 0 bridgehead atoms. The van der Waals surface area contributed by atoms with Gasteiger partial charge in [0.25, 0.3) is 5.91 Å². The molecule has 106 valence electrons. The van der Waals surface area contributed by atoms with Crippen LogP contribution in [0.25, 0.3) is 0 Å². The number of amides is 1. The third-order valence-corrected chi connectivity index (χ3v) is 2.55. The van der Waals surface area contributed by atoms with Crippen molar-refractivity contribution in [3.63, 3.8) is 0 Å². The summed E-state index contributed by atoms with van der Waals surface area (Å²) in [5.41, 5.74) is -0.265. The Morgan fingerprint density at radius 3 is 2.30 bits per heavy atom. The molecule has 20 heavy (non-hydrogen) atoms. The van der Waals surface area contributed by atoms with Gasteiger partial charge in [-0.2, -0.15) is 13.2 Å². The van der Waals surface area contributed by atoms with Crippen molar-refractivity contribution in [1.82, 2.24) is 5.32 Å². The van der Waals surface area contributed by atoms with Gasteiger partial charge in [-0.25, -0.2) is 4.39 Å². The second kappa shape index (κ2) is 5.36. The van der Waals surface area contributed by atoms with Crippen LogP contribution < -0.4 is 5.32 Å². The number of rotatable bonds is 3. The summed E-state index contributed by atoms with van der Waals surface area (Å²) in [6.07, 6.45) is -3.53. The maximum absolute atomic E-state index is 13.0. The average Bonchev–Trinajstić information content (AvgIpc) is 2.89. The van der Waals surface area contributed by atoms with Crippen LogP contribution in [0.4, 0.5) is 17.6 Å². The van der Waals surface area contributed by atoms with Gasteiger partial charge < -0.3 is 9.73 Å². The van der Waals surface area contributed by atoms with Crippen molar-refractivity contribution in [3.05, 3.63) is 59.8 Å². The molecule has 1 atom stereocenters. The van der Waals surface area contributed by atoms with Crippen LogP contribution in [0.1, 0.15) is 22.2 Å². The lowest BCUT2D eigenvalue weighted by atomic mass is 10.1. The van der Waals surface area contributed by atoms with Gasteiger partial charge in [0, 0.05) is 0 Å².